The monoisotopic (exact) mass is 475 g/mol. The van der Waals surface area contributed by atoms with Gasteiger partial charge in [0, 0.05) is 32.7 Å². The molecule has 11 heteroatoms. The number of carboxylic acids is 1. The standard InChI is InChI=1S/C23H30FN5O5/c1-23(2,3)33-22(32)34-29-9-7-15(8-10-29)13-28(4)20-12-19(25-14-26-20)27-18-11-16(21(30)31)5-6-17(18)24/h5-6,11-12,14-15H,7-10,13H2,1-4H3,(H,30,31)(H,25,26,27). The van der Waals surface area contributed by atoms with E-state index >= 15 is 0 Å². The zero-order chi connectivity index (χ0) is 24.9. The van der Waals surface area contributed by atoms with Gasteiger partial charge in [0.2, 0.25) is 0 Å². The summed E-state index contributed by atoms with van der Waals surface area (Å²) in [4.78, 5) is 38.7. The van der Waals surface area contributed by atoms with Crippen molar-refractivity contribution >= 4 is 29.4 Å². The van der Waals surface area contributed by atoms with E-state index in [0.29, 0.717) is 30.6 Å². The van der Waals surface area contributed by atoms with E-state index in [1.807, 2.05) is 11.9 Å². The predicted octanol–water partition coefficient (Wildman–Crippen LogP) is 4.07. The first-order valence-electron chi connectivity index (χ1n) is 11.0. The van der Waals surface area contributed by atoms with Crippen molar-refractivity contribution in [2.24, 2.45) is 5.92 Å². The van der Waals surface area contributed by atoms with Crippen LogP contribution in [0.3, 0.4) is 0 Å². The van der Waals surface area contributed by atoms with Crippen LogP contribution < -0.4 is 10.2 Å². The van der Waals surface area contributed by atoms with Crippen LogP contribution in [0.2, 0.25) is 0 Å². The molecule has 1 aromatic heterocycles. The van der Waals surface area contributed by atoms with Gasteiger partial charge in [-0.1, -0.05) is 0 Å². The van der Waals surface area contributed by atoms with E-state index in [1.165, 1.54) is 18.5 Å². The molecule has 3 rings (SSSR count). The number of carbonyl (C=O) groups excluding carboxylic acids is 1. The van der Waals surface area contributed by atoms with Crippen LogP contribution in [-0.4, -0.2) is 64.5 Å². The Morgan fingerprint density at radius 1 is 1.24 bits per heavy atom. The summed E-state index contributed by atoms with van der Waals surface area (Å²) in [5.74, 6) is -0.384. The maximum Gasteiger partial charge on any atom is 0.528 e. The lowest BCUT2D eigenvalue weighted by atomic mass is 9.97. The number of hydrogen-bond acceptors (Lipinski definition) is 9. The topological polar surface area (TPSA) is 117 Å². The molecule has 0 saturated carbocycles. The van der Waals surface area contributed by atoms with E-state index < -0.39 is 23.5 Å². The third-order valence-corrected chi connectivity index (χ3v) is 5.22. The smallest absolute Gasteiger partial charge is 0.478 e. The number of aromatic carboxylic acids is 1. The molecule has 0 radical (unpaired) electrons. The van der Waals surface area contributed by atoms with Crippen LogP contribution in [0.5, 0.6) is 0 Å². The Morgan fingerprint density at radius 3 is 2.59 bits per heavy atom. The van der Waals surface area contributed by atoms with Crippen LogP contribution in [0.15, 0.2) is 30.6 Å². The third kappa shape index (κ3) is 7.27. The Balaban J connectivity index is 1.54. The average molecular weight is 476 g/mol. The second-order valence-electron chi connectivity index (χ2n) is 9.19. The van der Waals surface area contributed by atoms with Gasteiger partial charge in [0.05, 0.1) is 11.3 Å². The number of anilines is 3. The highest BCUT2D eigenvalue weighted by molar-refractivity contribution is 5.89. The Hall–Kier alpha value is -3.47. The van der Waals surface area contributed by atoms with Crippen molar-refractivity contribution in [3.8, 4) is 0 Å². The molecule has 0 unspecified atom stereocenters. The Kier molecular flexibility index (Phi) is 7.87. The number of nitrogens with zero attached hydrogens (tertiary/aromatic N) is 4. The molecule has 0 aliphatic carbocycles. The van der Waals surface area contributed by atoms with Gasteiger partial charge >= 0.3 is 12.1 Å². The molecule has 10 nitrogen and oxygen atoms in total. The second kappa shape index (κ2) is 10.6. The number of piperidine rings is 1. The predicted molar refractivity (Wildman–Crippen MR) is 124 cm³/mol. The average Bonchev–Trinajstić information content (AvgIpc) is 2.75. The lowest BCUT2D eigenvalue weighted by molar-refractivity contribution is -0.154. The molecule has 0 spiro atoms. The lowest BCUT2D eigenvalue weighted by Crippen LogP contribution is -2.40. The maximum absolute atomic E-state index is 14.1. The number of rotatable bonds is 7. The van der Waals surface area contributed by atoms with Gasteiger partial charge in [-0.2, -0.15) is 0 Å². The van der Waals surface area contributed by atoms with Gasteiger partial charge in [0.25, 0.3) is 0 Å². The van der Waals surface area contributed by atoms with Crippen LogP contribution in [0.25, 0.3) is 0 Å². The maximum atomic E-state index is 14.1. The molecule has 1 aliphatic rings. The van der Waals surface area contributed by atoms with E-state index in [-0.39, 0.29) is 11.3 Å². The van der Waals surface area contributed by atoms with Crippen molar-refractivity contribution in [2.75, 3.05) is 36.9 Å². The van der Waals surface area contributed by atoms with Crippen LogP contribution in [0, 0.1) is 11.7 Å². The molecule has 1 fully saturated rings. The number of carbonyl (C=O) groups is 2. The summed E-state index contributed by atoms with van der Waals surface area (Å²) in [6.07, 6.45) is 2.33. The molecule has 1 aliphatic heterocycles. The van der Waals surface area contributed by atoms with Crippen LogP contribution in [0.4, 0.5) is 26.5 Å². The molecule has 0 atom stereocenters. The van der Waals surface area contributed by atoms with Gasteiger partial charge in [0.1, 0.15) is 29.4 Å². The first kappa shape index (κ1) is 25.2. The van der Waals surface area contributed by atoms with Crippen LogP contribution in [-0.2, 0) is 9.57 Å². The first-order valence-corrected chi connectivity index (χ1v) is 11.0. The third-order valence-electron chi connectivity index (χ3n) is 5.22. The number of aromatic nitrogens is 2. The van der Waals surface area contributed by atoms with Crippen LogP contribution >= 0.6 is 0 Å². The van der Waals surface area contributed by atoms with E-state index in [4.69, 9.17) is 14.7 Å². The fraction of sp³-hybridized carbons (Fsp3) is 0.478. The van der Waals surface area contributed by atoms with Crippen molar-refractivity contribution in [1.29, 1.82) is 0 Å². The molecule has 2 heterocycles. The summed E-state index contributed by atoms with van der Waals surface area (Å²) < 4.78 is 19.3. The molecular formula is C23H30FN5O5. The number of nitrogens with one attached hydrogen (secondary N) is 1. The Bertz CT molecular complexity index is 1020. The Labute approximate surface area is 197 Å². The summed E-state index contributed by atoms with van der Waals surface area (Å²) in [5, 5.41) is 13.6. The lowest BCUT2D eigenvalue weighted by Gasteiger charge is -2.33. The minimum Gasteiger partial charge on any atom is -0.478 e. The largest absolute Gasteiger partial charge is 0.528 e. The molecular weight excluding hydrogens is 445 g/mol. The molecule has 1 saturated heterocycles. The highest BCUT2D eigenvalue weighted by Gasteiger charge is 2.26. The summed E-state index contributed by atoms with van der Waals surface area (Å²) >= 11 is 0. The number of hydroxylamine groups is 2. The highest BCUT2D eigenvalue weighted by atomic mass is 19.1. The Morgan fingerprint density at radius 2 is 1.94 bits per heavy atom. The van der Waals surface area contributed by atoms with Gasteiger partial charge in [-0.05, 0) is 57.7 Å². The molecule has 0 amide bonds. The molecule has 0 bridgehead atoms. The van der Waals surface area contributed by atoms with E-state index in [0.717, 1.165) is 25.5 Å². The molecule has 2 N–H and O–H groups in total. The summed E-state index contributed by atoms with van der Waals surface area (Å²) in [6.45, 7) is 7.29. The van der Waals surface area contributed by atoms with Gasteiger partial charge < -0.3 is 24.9 Å². The number of benzene rings is 1. The SMILES string of the molecule is CN(CC1CCN(OC(=O)OC(C)(C)C)CC1)c1cc(Nc2cc(C(=O)O)ccc2F)ncn1. The van der Waals surface area contributed by atoms with Crippen molar-refractivity contribution in [3.05, 3.63) is 42.0 Å². The molecule has 2 aromatic rings. The first-order chi connectivity index (χ1) is 16.0. The summed E-state index contributed by atoms with van der Waals surface area (Å²) in [7, 11) is 1.90. The molecule has 184 valence electrons. The van der Waals surface area contributed by atoms with Gasteiger partial charge in [-0.3, -0.25) is 0 Å². The minimum atomic E-state index is -1.14. The van der Waals surface area contributed by atoms with Gasteiger partial charge in [-0.15, -0.1) is 5.06 Å². The second-order valence-corrected chi connectivity index (χ2v) is 9.19. The fourth-order valence-corrected chi connectivity index (χ4v) is 3.55. The van der Waals surface area contributed by atoms with Crippen molar-refractivity contribution < 1.29 is 28.7 Å². The zero-order valence-corrected chi connectivity index (χ0v) is 19.7. The van der Waals surface area contributed by atoms with Gasteiger partial charge in [-0.25, -0.2) is 23.9 Å². The zero-order valence-electron chi connectivity index (χ0n) is 19.7. The number of carboxylic acid groups (broad SMARTS) is 1. The van der Waals surface area contributed by atoms with Crippen LogP contribution in [0.1, 0.15) is 44.0 Å². The highest BCUT2D eigenvalue weighted by Crippen LogP contribution is 2.24. The molecule has 1 aromatic carbocycles. The van der Waals surface area contributed by atoms with E-state index in [1.54, 1.807) is 31.9 Å². The van der Waals surface area contributed by atoms with Crippen molar-refractivity contribution in [1.82, 2.24) is 15.0 Å². The molecule has 34 heavy (non-hydrogen) atoms. The van der Waals surface area contributed by atoms with E-state index in [2.05, 4.69) is 15.3 Å². The number of halogens is 1. The summed E-state index contributed by atoms with van der Waals surface area (Å²) in [6, 6.07) is 5.19. The quantitative estimate of drug-likeness (QED) is 0.568. The number of ether oxygens (including phenoxy) is 1. The summed E-state index contributed by atoms with van der Waals surface area (Å²) in [5.41, 5.74) is -0.615. The van der Waals surface area contributed by atoms with Gasteiger partial charge in [0.15, 0.2) is 0 Å². The minimum absolute atomic E-state index is 0.0181. The van der Waals surface area contributed by atoms with Crippen molar-refractivity contribution in [3.63, 3.8) is 0 Å². The van der Waals surface area contributed by atoms with E-state index in [9.17, 15) is 14.0 Å². The van der Waals surface area contributed by atoms with Crippen molar-refractivity contribution in [2.45, 2.75) is 39.2 Å². The normalized spacial score (nSPS) is 15.0. The number of hydrogen-bond donors (Lipinski definition) is 2. The fourth-order valence-electron chi connectivity index (χ4n) is 3.55.